The maximum atomic E-state index is 12.8. The van der Waals surface area contributed by atoms with E-state index in [1.807, 2.05) is 42.5 Å². The first-order valence-electron chi connectivity index (χ1n) is 10.1. The molecule has 0 unspecified atom stereocenters. The summed E-state index contributed by atoms with van der Waals surface area (Å²) in [5.41, 5.74) is 1.60. The summed E-state index contributed by atoms with van der Waals surface area (Å²) in [5.74, 6) is 0.724. The third-order valence-electron chi connectivity index (χ3n) is 5.50. The van der Waals surface area contributed by atoms with Gasteiger partial charge >= 0.3 is 0 Å². The van der Waals surface area contributed by atoms with Crippen LogP contribution in [0.2, 0.25) is 0 Å². The van der Waals surface area contributed by atoms with Crippen molar-refractivity contribution in [1.82, 2.24) is 15.5 Å². The van der Waals surface area contributed by atoms with Gasteiger partial charge in [0.05, 0.1) is 0 Å². The fraction of sp³-hybridized carbons (Fsp3) is 0.348. The molecule has 0 bridgehead atoms. The summed E-state index contributed by atoms with van der Waals surface area (Å²) < 4.78 is 0. The Morgan fingerprint density at radius 3 is 2.57 bits per heavy atom. The Hall–Kier alpha value is -2.95. The average Bonchev–Trinajstić information content (AvgIpc) is 2.74. The van der Waals surface area contributed by atoms with Gasteiger partial charge in [0, 0.05) is 29.9 Å². The lowest BCUT2D eigenvalue weighted by Crippen LogP contribution is -2.38. The Balaban J connectivity index is 1.56. The number of fused-ring (bicyclic) bond motifs is 1. The van der Waals surface area contributed by atoms with E-state index in [0.29, 0.717) is 18.3 Å². The molecule has 28 heavy (non-hydrogen) atoms. The molecule has 0 saturated carbocycles. The maximum Gasteiger partial charge on any atom is 0.272 e. The number of anilines is 1. The first kappa shape index (κ1) is 18.4. The van der Waals surface area contributed by atoms with E-state index in [2.05, 4.69) is 39.5 Å². The summed E-state index contributed by atoms with van der Waals surface area (Å²) in [4.78, 5) is 15.1. The molecular weight excluding hydrogens is 348 g/mol. The second kappa shape index (κ2) is 8.38. The van der Waals surface area contributed by atoms with E-state index in [9.17, 15) is 4.79 Å². The second-order valence-electron chi connectivity index (χ2n) is 7.45. The summed E-state index contributed by atoms with van der Waals surface area (Å²) in [6.07, 6.45) is 4.38. The van der Waals surface area contributed by atoms with Crippen LogP contribution in [0.3, 0.4) is 0 Å². The molecule has 2 aromatic carbocycles. The van der Waals surface area contributed by atoms with Crippen molar-refractivity contribution in [2.75, 3.05) is 18.0 Å². The molecule has 1 N–H and O–H groups in total. The molecule has 5 heteroatoms. The lowest BCUT2D eigenvalue weighted by molar-refractivity contribution is 0.0950. The van der Waals surface area contributed by atoms with E-state index < -0.39 is 0 Å². The van der Waals surface area contributed by atoms with Gasteiger partial charge in [-0.25, -0.2) is 0 Å². The number of carbonyl (C=O) groups is 1. The van der Waals surface area contributed by atoms with E-state index in [4.69, 9.17) is 0 Å². The number of hydrogen-bond donors (Lipinski definition) is 1. The summed E-state index contributed by atoms with van der Waals surface area (Å²) in [7, 11) is 0. The Bertz CT molecular complexity index is 957. The van der Waals surface area contributed by atoms with E-state index in [-0.39, 0.29) is 5.91 Å². The lowest BCUT2D eigenvalue weighted by atomic mass is 10.0. The van der Waals surface area contributed by atoms with Crippen molar-refractivity contribution < 1.29 is 4.79 Å². The summed E-state index contributed by atoms with van der Waals surface area (Å²) >= 11 is 0. The molecule has 1 aromatic heterocycles. The van der Waals surface area contributed by atoms with E-state index in [1.165, 1.54) is 18.4 Å². The van der Waals surface area contributed by atoms with Gasteiger partial charge in [0.15, 0.2) is 11.5 Å². The molecule has 5 nitrogen and oxygen atoms in total. The zero-order chi connectivity index (χ0) is 19.3. The van der Waals surface area contributed by atoms with Gasteiger partial charge in [-0.2, -0.15) is 0 Å². The van der Waals surface area contributed by atoms with Gasteiger partial charge < -0.3 is 10.2 Å². The highest BCUT2D eigenvalue weighted by molar-refractivity contribution is 6.07. The van der Waals surface area contributed by atoms with Crippen LogP contribution in [0, 0.1) is 0 Å². The molecule has 0 spiro atoms. The lowest BCUT2D eigenvalue weighted by Gasteiger charge is -2.34. The number of piperidine rings is 1. The average molecular weight is 374 g/mol. The molecule has 0 radical (unpaired) electrons. The Labute approximate surface area is 165 Å². The van der Waals surface area contributed by atoms with Crippen LogP contribution in [0.25, 0.3) is 10.8 Å². The van der Waals surface area contributed by atoms with Crippen LogP contribution >= 0.6 is 0 Å². The van der Waals surface area contributed by atoms with Crippen LogP contribution in [0.1, 0.15) is 42.2 Å². The third-order valence-corrected chi connectivity index (χ3v) is 5.50. The minimum Gasteiger partial charge on any atom is -0.352 e. The van der Waals surface area contributed by atoms with E-state index in [0.717, 1.165) is 36.0 Å². The van der Waals surface area contributed by atoms with Gasteiger partial charge in [0.25, 0.3) is 5.91 Å². The molecule has 4 rings (SSSR count). The van der Waals surface area contributed by atoms with E-state index >= 15 is 0 Å². The number of amides is 1. The fourth-order valence-corrected chi connectivity index (χ4v) is 3.93. The second-order valence-corrected chi connectivity index (χ2v) is 7.45. The molecule has 144 valence electrons. The zero-order valence-electron chi connectivity index (χ0n) is 16.3. The van der Waals surface area contributed by atoms with Crippen molar-refractivity contribution >= 4 is 22.5 Å². The smallest absolute Gasteiger partial charge is 0.272 e. The molecule has 1 saturated heterocycles. The topological polar surface area (TPSA) is 58.1 Å². The molecule has 1 aliphatic rings. The summed E-state index contributed by atoms with van der Waals surface area (Å²) in [5, 5.41) is 13.7. The number of benzene rings is 2. The van der Waals surface area contributed by atoms with Crippen LogP contribution in [0.15, 0.2) is 54.6 Å². The quantitative estimate of drug-likeness (QED) is 0.734. The maximum absolute atomic E-state index is 12.8. The summed E-state index contributed by atoms with van der Waals surface area (Å²) in [6, 6.07) is 18.5. The van der Waals surface area contributed by atoms with Crippen molar-refractivity contribution in [2.45, 2.75) is 38.6 Å². The Morgan fingerprint density at radius 2 is 1.79 bits per heavy atom. The van der Waals surface area contributed by atoms with E-state index in [1.54, 1.807) is 0 Å². The van der Waals surface area contributed by atoms with Crippen molar-refractivity contribution in [2.24, 2.45) is 0 Å². The molecule has 2 heterocycles. The molecular formula is C23H26N4O. The first-order valence-corrected chi connectivity index (χ1v) is 10.1. The molecule has 1 fully saturated rings. The fourth-order valence-electron chi connectivity index (χ4n) is 3.93. The van der Waals surface area contributed by atoms with Crippen LogP contribution in [-0.4, -0.2) is 35.2 Å². The van der Waals surface area contributed by atoms with Gasteiger partial charge in [-0.3, -0.25) is 4.79 Å². The molecule has 1 atom stereocenters. The van der Waals surface area contributed by atoms with Crippen molar-refractivity contribution in [3.63, 3.8) is 0 Å². The SMILES string of the molecule is C[C@@H]1CCCCN1c1nnc(C(=O)NCCc2ccccc2)c2ccccc12. The highest BCUT2D eigenvalue weighted by Crippen LogP contribution is 2.30. The van der Waals surface area contributed by atoms with Gasteiger partial charge in [0.1, 0.15) is 0 Å². The standard InChI is InChI=1S/C23H26N4O/c1-17-9-7-8-16-27(17)22-20-13-6-5-12-19(20)21(25-26-22)23(28)24-15-14-18-10-3-2-4-11-18/h2-6,10-13,17H,7-9,14-16H2,1H3,(H,24,28)/t17-/m1/s1. The molecule has 0 aliphatic carbocycles. The number of nitrogens with zero attached hydrogens (tertiary/aromatic N) is 3. The molecule has 1 aliphatic heterocycles. The first-order chi connectivity index (χ1) is 13.7. The number of hydrogen-bond acceptors (Lipinski definition) is 4. The minimum absolute atomic E-state index is 0.169. The predicted octanol–water partition coefficient (Wildman–Crippen LogP) is 3.98. The number of carbonyl (C=O) groups excluding carboxylic acids is 1. The minimum atomic E-state index is -0.169. The predicted molar refractivity (Wildman–Crippen MR) is 113 cm³/mol. The molecule has 1 amide bonds. The summed E-state index contributed by atoms with van der Waals surface area (Å²) in [6.45, 7) is 3.80. The van der Waals surface area contributed by atoms with Crippen LogP contribution in [0.5, 0.6) is 0 Å². The normalized spacial score (nSPS) is 16.9. The highest BCUT2D eigenvalue weighted by Gasteiger charge is 2.24. The Morgan fingerprint density at radius 1 is 1.04 bits per heavy atom. The third kappa shape index (κ3) is 3.84. The van der Waals surface area contributed by atoms with Crippen LogP contribution in [0.4, 0.5) is 5.82 Å². The van der Waals surface area contributed by atoms with Crippen molar-refractivity contribution in [3.8, 4) is 0 Å². The van der Waals surface area contributed by atoms with Crippen LogP contribution in [-0.2, 0) is 6.42 Å². The highest BCUT2D eigenvalue weighted by atomic mass is 16.1. The Kier molecular flexibility index (Phi) is 5.51. The van der Waals surface area contributed by atoms with Crippen LogP contribution < -0.4 is 10.2 Å². The van der Waals surface area contributed by atoms with Gasteiger partial charge in [0.2, 0.25) is 0 Å². The van der Waals surface area contributed by atoms with Gasteiger partial charge in [-0.1, -0.05) is 54.6 Å². The number of nitrogens with one attached hydrogen (secondary N) is 1. The number of rotatable bonds is 5. The largest absolute Gasteiger partial charge is 0.352 e. The number of aromatic nitrogens is 2. The zero-order valence-corrected chi connectivity index (χ0v) is 16.3. The monoisotopic (exact) mass is 374 g/mol. The van der Waals surface area contributed by atoms with Gasteiger partial charge in [-0.05, 0) is 38.2 Å². The van der Waals surface area contributed by atoms with Crippen molar-refractivity contribution in [1.29, 1.82) is 0 Å². The van der Waals surface area contributed by atoms with Gasteiger partial charge in [-0.15, -0.1) is 10.2 Å². The molecule has 3 aromatic rings. The van der Waals surface area contributed by atoms with Crippen molar-refractivity contribution in [3.05, 3.63) is 65.9 Å².